The number of hydrogen-bond donors (Lipinski definition) is 0. The largest absolute Gasteiger partial charge is 0.482 e. The maximum absolute atomic E-state index is 10.9. The molecule has 0 spiro atoms. The lowest BCUT2D eigenvalue weighted by molar-refractivity contribution is 0.101. The standard InChI is InChI=1S/C9H9BrO2/c1-7(11)8-3-2-4-9(5-8)12-6-10/h2-5H,6H2,1H3. The van der Waals surface area contributed by atoms with Gasteiger partial charge in [0.1, 0.15) is 11.3 Å². The highest BCUT2D eigenvalue weighted by Gasteiger charge is 1.99. The Labute approximate surface area is 79.7 Å². The van der Waals surface area contributed by atoms with Crippen LogP contribution in [0.5, 0.6) is 5.75 Å². The van der Waals surface area contributed by atoms with Crippen LogP contribution < -0.4 is 4.74 Å². The van der Waals surface area contributed by atoms with Gasteiger partial charge in [-0.15, -0.1) is 0 Å². The zero-order chi connectivity index (χ0) is 8.97. The summed E-state index contributed by atoms with van der Waals surface area (Å²) in [6.45, 7) is 1.53. The Morgan fingerprint density at radius 1 is 1.58 bits per heavy atom. The molecule has 0 aliphatic carbocycles. The molecule has 0 heterocycles. The third-order valence-corrected chi connectivity index (χ3v) is 1.69. The molecule has 0 amide bonds. The first kappa shape index (κ1) is 9.26. The quantitative estimate of drug-likeness (QED) is 0.588. The molecule has 0 aliphatic heterocycles. The van der Waals surface area contributed by atoms with Gasteiger partial charge in [0.25, 0.3) is 0 Å². The molecule has 2 nitrogen and oxygen atoms in total. The van der Waals surface area contributed by atoms with E-state index in [1.165, 1.54) is 6.92 Å². The molecule has 0 N–H and O–H groups in total. The number of hydrogen-bond acceptors (Lipinski definition) is 2. The van der Waals surface area contributed by atoms with Crippen LogP contribution in [0.2, 0.25) is 0 Å². The van der Waals surface area contributed by atoms with E-state index in [2.05, 4.69) is 15.9 Å². The number of benzene rings is 1. The number of carbonyl (C=O) groups is 1. The first-order valence-electron chi connectivity index (χ1n) is 3.54. The zero-order valence-corrected chi connectivity index (χ0v) is 8.30. The summed E-state index contributed by atoms with van der Waals surface area (Å²) in [6, 6.07) is 7.11. The zero-order valence-electron chi connectivity index (χ0n) is 6.71. The van der Waals surface area contributed by atoms with Crippen LogP contribution in [0.4, 0.5) is 0 Å². The normalized spacial score (nSPS) is 9.50. The number of halogens is 1. The minimum Gasteiger partial charge on any atom is -0.482 e. The molecule has 0 bridgehead atoms. The number of Topliss-reactive ketones (excluding diaryl/α,β-unsaturated/α-hetero) is 1. The maximum atomic E-state index is 10.9. The lowest BCUT2D eigenvalue weighted by atomic mass is 10.1. The topological polar surface area (TPSA) is 26.3 Å². The van der Waals surface area contributed by atoms with Gasteiger partial charge in [-0.25, -0.2) is 0 Å². The number of rotatable bonds is 3. The van der Waals surface area contributed by atoms with Crippen molar-refractivity contribution in [3.8, 4) is 5.75 Å². The summed E-state index contributed by atoms with van der Waals surface area (Å²) < 4.78 is 5.16. The molecule has 1 aromatic rings. The Balaban J connectivity index is 2.88. The van der Waals surface area contributed by atoms with Crippen LogP contribution in [0.25, 0.3) is 0 Å². The average Bonchev–Trinajstić information content (AvgIpc) is 2.05. The van der Waals surface area contributed by atoms with E-state index in [4.69, 9.17) is 4.74 Å². The highest BCUT2D eigenvalue weighted by molar-refractivity contribution is 9.09. The monoisotopic (exact) mass is 228 g/mol. The van der Waals surface area contributed by atoms with E-state index in [0.29, 0.717) is 16.8 Å². The molecule has 1 rings (SSSR count). The van der Waals surface area contributed by atoms with E-state index in [0.717, 1.165) is 0 Å². The van der Waals surface area contributed by atoms with Crippen molar-refractivity contribution in [3.63, 3.8) is 0 Å². The molecule has 0 saturated heterocycles. The van der Waals surface area contributed by atoms with Crippen molar-refractivity contribution in [1.29, 1.82) is 0 Å². The predicted octanol–water partition coefficient (Wildman–Crippen LogP) is 2.62. The Morgan fingerprint density at radius 2 is 2.33 bits per heavy atom. The molecular formula is C9H9BrO2. The Morgan fingerprint density at radius 3 is 2.92 bits per heavy atom. The number of ketones is 1. The fourth-order valence-electron chi connectivity index (χ4n) is 0.868. The summed E-state index contributed by atoms with van der Waals surface area (Å²) in [5, 5.41) is 0. The molecule has 0 saturated carbocycles. The SMILES string of the molecule is CC(=O)c1cccc(OCBr)c1. The summed E-state index contributed by atoms with van der Waals surface area (Å²) in [6.07, 6.45) is 0. The van der Waals surface area contributed by atoms with E-state index in [-0.39, 0.29) is 5.78 Å². The summed E-state index contributed by atoms with van der Waals surface area (Å²) in [4.78, 5) is 10.9. The van der Waals surface area contributed by atoms with E-state index in [9.17, 15) is 4.79 Å². The van der Waals surface area contributed by atoms with Crippen molar-refractivity contribution in [2.24, 2.45) is 0 Å². The van der Waals surface area contributed by atoms with Gasteiger partial charge in [-0.05, 0) is 35.0 Å². The molecule has 0 radical (unpaired) electrons. The summed E-state index contributed by atoms with van der Waals surface area (Å²) >= 11 is 3.14. The van der Waals surface area contributed by atoms with Gasteiger partial charge in [0.15, 0.2) is 5.78 Å². The van der Waals surface area contributed by atoms with Crippen molar-refractivity contribution >= 4 is 21.7 Å². The lowest BCUT2D eigenvalue weighted by Crippen LogP contribution is -1.94. The molecule has 3 heteroatoms. The second-order valence-electron chi connectivity index (χ2n) is 2.34. The molecule has 0 aromatic heterocycles. The van der Waals surface area contributed by atoms with Gasteiger partial charge >= 0.3 is 0 Å². The van der Waals surface area contributed by atoms with Crippen LogP contribution in [0.3, 0.4) is 0 Å². The van der Waals surface area contributed by atoms with Crippen LogP contribution >= 0.6 is 15.9 Å². The Kier molecular flexibility index (Phi) is 3.29. The van der Waals surface area contributed by atoms with E-state index >= 15 is 0 Å². The van der Waals surface area contributed by atoms with Crippen molar-refractivity contribution in [1.82, 2.24) is 0 Å². The van der Waals surface area contributed by atoms with Crippen LogP contribution in [0.15, 0.2) is 24.3 Å². The third kappa shape index (κ3) is 2.34. The summed E-state index contributed by atoms with van der Waals surface area (Å²) in [5.41, 5.74) is 1.11. The number of ether oxygens (including phenoxy) is 1. The van der Waals surface area contributed by atoms with E-state index < -0.39 is 0 Å². The number of alkyl halides is 1. The van der Waals surface area contributed by atoms with Crippen molar-refractivity contribution in [2.75, 3.05) is 5.52 Å². The minimum atomic E-state index is 0.0509. The average molecular weight is 229 g/mol. The smallest absolute Gasteiger partial charge is 0.159 e. The predicted molar refractivity (Wildman–Crippen MR) is 50.9 cm³/mol. The van der Waals surface area contributed by atoms with Gasteiger partial charge in [-0.3, -0.25) is 4.79 Å². The Hall–Kier alpha value is -0.830. The van der Waals surface area contributed by atoms with Crippen LogP contribution in [0, 0.1) is 0 Å². The van der Waals surface area contributed by atoms with Crippen molar-refractivity contribution in [3.05, 3.63) is 29.8 Å². The first-order valence-corrected chi connectivity index (χ1v) is 4.66. The van der Waals surface area contributed by atoms with Gasteiger partial charge in [-0.1, -0.05) is 12.1 Å². The molecule has 0 aliphatic rings. The molecule has 0 unspecified atom stereocenters. The molecule has 0 fully saturated rings. The van der Waals surface area contributed by atoms with E-state index in [1.807, 2.05) is 6.07 Å². The van der Waals surface area contributed by atoms with Gasteiger partial charge in [0.05, 0.1) is 0 Å². The molecule has 12 heavy (non-hydrogen) atoms. The van der Waals surface area contributed by atoms with Crippen LogP contribution in [-0.4, -0.2) is 11.3 Å². The van der Waals surface area contributed by atoms with Crippen molar-refractivity contribution in [2.45, 2.75) is 6.92 Å². The van der Waals surface area contributed by atoms with Crippen LogP contribution in [0.1, 0.15) is 17.3 Å². The van der Waals surface area contributed by atoms with Crippen molar-refractivity contribution < 1.29 is 9.53 Å². The highest BCUT2D eigenvalue weighted by atomic mass is 79.9. The third-order valence-electron chi connectivity index (χ3n) is 1.46. The maximum Gasteiger partial charge on any atom is 0.159 e. The molecule has 0 atom stereocenters. The lowest BCUT2D eigenvalue weighted by Gasteiger charge is -2.02. The molecule has 64 valence electrons. The number of carbonyl (C=O) groups excluding carboxylic acids is 1. The Bertz CT molecular complexity index is 284. The van der Waals surface area contributed by atoms with Gasteiger partial charge in [0.2, 0.25) is 0 Å². The first-order chi connectivity index (χ1) is 5.74. The highest BCUT2D eigenvalue weighted by Crippen LogP contribution is 2.13. The fraction of sp³-hybridized carbons (Fsp3) is 0.222. The second kappa shape index (κ2) is 4.26. The van der Waals surface area contributed by atoms with Gasteiger partial charge in [-0.2, -0.15) is 0 Å². The van der Waals surface area contributed by atoms with E-state index in [1.54, 1.807) is 18.2 Å². The van der Waals surface area contributed by atoms with Gasteiger partial charge < -0.3 is 4.74 Å². The summed E-state index contributed by atoms with van der Waals surface area (Å²) in [5.74, 6) is 0.759. The molecule has 1 aromatic carbocycles. The molecular weight excluding hydrogens is 220 g/mol. The fourth-order valence-corrected chi connectivity index (χ4v) is 1.13. The van der Waals surface area contributed by atoms with Gasteiger partial charge in [0, 0.05) is 5.56 Å². The van der Waals surface area contributed by atoms with Crippen LogP contribution in [-0.2, 0) is 0 Å². The minimum absolute atomic E-state index is 0.0509. The summed E-state index contributed by atoms with van der Waals surface area (Å²) in [7, 11) is 0. The second-order valence-corrected chi connectivity index (χ2v) is 2.80.